The van der Waals surface area contributed by atoms with Crippen molar-refractivity contribution in [1.82, 2.24) is 9.97 Å². The number of hydrogen-bond donors (Lipinski definition) is 1. The number of amides is 1. The van der Waals surface area contributed by atoms with Crippen molar-refractivity contribution < 1.29 is 18.0 Å². The van der Waals surface area contributed by atoms with E-state index >= 15 is 0 Å². The maximum Gasteiger partial charge on any atom is 0.471 e. The first-order chi connectivity index (χ1) is 8.36. The van der Waals surface area contributed by atoms with Gasteiger partial charge in [-0.1, -0.05) is 0 Å². The molecular formula is C10H5BrF3N3O. The molecule has 4 nitrogen and oxygen atoms in total. The number of halogens is 4. The Bertz CT molecular complexity index is 615. The Morgan fingerprint density at radius 2 is 2.06 bits per heavy atom. The fourth-order valence-electron chi connectivity index (χ4n) is 1.24. The molecule has 0 saturated carbocycles. The topological polar surface area (TPSA) is 54.9 Å². The van der Waals surface area contributed by atoms with Crippen molar-refractivity contribution in [3.8, 4) is 0 Å². The van der Waals surface area contributed by atoms with Crippen LogP contribution in [0.15, 0.2) is 28.9 Å². The molecule has 0 atom stereocenters. The highest BCUT2D eigenvalue weighted by atomic mass is 79.9. The largest absolute Gasteiger partial charge is 0.471 e. The smallest absolute Gasteiger partial charge is 0.303 e. The van der Waals surface area contributed by atoms with Crippen LogP contribution < -0.4 is 5.32 Å². The first-order valence-corrected chi connectivity index (χ1v) is 5.46. The van der Waals surface area contributed by atoms with Crippen molar-refractivity contribution in [2.24, 2.45) is 0 Å². The Balaban J connectivity index is 2.31. The van der Waals surface area contributed by atoms with Crippen LogP contribution >= 0.6 is 15.9 Å². The van der Waals surface area contributed by atoms with Crippen LogP contribution in [0.2, 0.25) is 0 Å². The lowest BCUT2D eigenvalue weighted by Gasteiger charge is -2.07. The van der Waals surface area contributed by atoms with Gasteiger partial charge in [-0.15, -0.1) is 0 Å². The highest BCUT2D eigenvalue weighted by molar-refractivity contribution is 9.10. The number of rotatable bonds is 1. The summed E-state index contributed by atoms with van der Waals surface area (Å²) in [5, 5.41) is 2.31. The predicted octanol–water partition coefficient (Wildman–Crippen LogP) is 2.89. The van der Waals surface area contributed by atoms with Gasteiger partial charge in [0.15, 0.2) is 5.65 Å². The molecule has 0 radical (unpaired) electrons. The number of nitrogens with one attached hydrogen (secondary N) is 1. The number of nitrogens with zero attached hydrogens (tertiary/aromatic N) is 2. The third-order valence-corrected chi connectivity index (χ3v) is 2.44. The molecule has 8 heteroatoms. The summed E-state index contributed by atoms with van der Waals surface area (Å²) in [5.41, 5.74) is 0.248. The Morgan fingerprint density at radius 3 is 2.72 bits per heavy atom. The number of alkyl halides is 3. The van der Waals surface area contributed by atoms with Crippen LogP contribution in [0.5, 0.6) is 0 Å². The average Bonchev–Trinajstić information content (AvgIpc) is 2.28. The number of hydrogen-bond acceptors (Lipinski definition) is 3. The molecule has 0 aliphatic heterocycles. The maximum absolute atomic E-state index is 12.0. The maximum atomic E-state index is 12.0. The van der Waals surface area contributed by atoms with E-state index in [1.54, 1.807) is 11.4 Å². The van der Waals surface area contributed by atoms with Gasteiger partial charge in [0.2, 0.25) is 0 Å². The molecule has 2 aromatic heterocycles. The van der Waals surface area contributed by atoms with E-state index in [0.717, 1.165) is 4.47 Å². The number of carbonyl (C=O) groups excluding carboxylic acids is 1. The molecule has 0 fully saturated rings. The lowest BCUT2D eigenvalue weighted by atomic mass is 10.3. The van der Waals surface area contributed by atoms with Crippen LogP contribution in [0.3, 0.4) is 0 Å². The van der Waals surface area contributed by atoms with Crippen LogP contribution in [0.1, 0.15) is 0 Å². The van der Waals surface area contributed by atoms with Gasteiger partial charge in [0.25, 0.3) is 0 Å². The monoisotopic (exact) mass is 319 g/mol. The molecule has 0 spiro atoms. The van der Waals surface area contributed by atoms with Crippen LogP contribution in [-0.2, 0) is 4.79 Å². The van der Waals surface area contributed by atoms with Gasteiger partial charge in [-0.3, -0.25) is 4.79 Å². The molecular weight excluding hydrogens is 315 g/mol. The predicted molar refractivity (Wildman–Crippen MR) is 61.9 cm³/mol. The average molecular weight is 320 g/mol. The SMILES string of the molecule is O=C(Nc1ccc2cc(Br)cnc2n1)C(F)(F)F. The number of anilines is 1. The molecule has 0 aliphatic rings. The fraction of sp³-hybridized carbons (Fsp3) is 0.100. The molecule has 2 rings (SSSR count). The van der Waals surface area contributed by atoms with Crippen molar-refractivity contribution in [1.29, 1.82) is 0 Å². The minimum absolute atomic E-state index is 0.195. The zero-order chi connectivity index (χ0) is 13.3. The van der Waals surface area contributed by atoms with Gasteiger partial charge in [-0.2, -0.15) is 13.2 Å². The summed E-state index contributed by atoms with van der Waals surface area (Å²) in [6, 6.07) is 4.51. The molecule has 0 saturated heterocycles. The summed E-state index contributed by atoms with van der Waals surface area (Å²) >= 11 is 3.21. The summed E-state index contributed by atoms with van der Waals surface area (Å²) in [7, 11) is 0. The Morgan fingerprint density at radius 1 is 1.33 bits per heavy atom. The standard InChI is InChI=1S/C10H5BrF3N3O/c11-6-3-5-1-2-7(16-8(5)15-4-6)17-9(18)10(12,13)14/h1-4H,(H,15,16,17,18). The fourth-order valence-corrected chi connectivity index (χ4v) is 1.59. The first-order valence-electron chi connectivity index (χ1n) is 4.67. The van der Waals surface area contributed by atoms with Gasteiger partial charge < -0.3 is 5.32 Å². The van der Waals surface area contributed by atoms with E-state index in [-0.39, 0.29) is 11.5 Å². The van der Waals surface area contributed by atoms with E-state index in [2.05, 4.69) is 25.9 Å². The summed E-state index contributed by atoms with van der Waals surface area (Å²) in [6.07, 6.45) is -3.48. The highest BCUT2D eigenvalue weighted by Gasteiger charge is 2.38. The molecule has 1 N–H and O–H groups in total. The van der Waals surface area contributed by atoms with Gasteiger partial charge in [-0.05, 0) is 34.1 Å². The van der Waals surface area contributed by atoms with Crippen molar-refractivity contribution in [2.75, 3.05) is 5.32 Å². The molecule has 0 bridgehead atoms. The van der Waals surface area contributed by atoms with E-state index < -0.39 is 12.1 Å². The van der Waals surface area contributed by atoms with E-state index in [0.29, 0.717) is 5.39 Å². The van der Waals surface area contributed by atoms with Crippen molar-refractivity contribution >= 4 is 38.7 Å². The summed E-state index contributed by atoms with van der Waals surface area (Å²) in [4.78, 5) is 18.4. The summed E-state index contributed by atoms with van der Waals surface area (Å²) < 4.78 is 36.8. The minimum atomic E-state index is -4.94. The van der Waals surface area contributed by atoms with Gasteiger partial charge in [0.1, 0.15) is 5.82 Å². The number of carbonyl (C=O) groups is 1. The minimum Gasteiger partial charge on any atom is -0.303 e. The van der Waals surface area contributed by atoms with Crippen LogP contribution in [-0.4, -0.2) is 22.1 Å². The summed E-state index contributed by atoms with van der Waals surface area (Å²) in [5.74, 6) is -2.26. The zero-order valence-electron chi connectivity index (χ0n) is 8.62. The molecule has 0 aromatic carbocycles. The van der Waals surface area contributed by atoms with Crippen molar-refractivity contribution in [3.63, 3.8) is 0 Å². The molecule has 2 heterocycles. The van der Waals surface area contributed by atoms with E-state index in [9.17, 15) is 18.0 Å². The van der Waals surface area contributed by atoms with E-state index in [4.69, 9.17) is 0 Å². The first kappa shape index (κ1) is 12.7. The zero-order valence-corrected chi connectivity index (χ0v) is 10.2. The molecule has 94 valence electrons. The number of fused-ring (bicyclic) bond motifs is 1. The van der Waals surface area contributed by atoms with E-state index in [1.165, 1.54) is 18.3 Å². The van der Waals surface area contributed by atoms with Gasteiger partial charge in [0, 0.05) is 16.1 Å². The lowest BCUT2D eigenvalue weighted by molar-refractivity contribution is -0.167. The normalized spacial score (nSPS) is 11.6. The van der Waals surface area contributed by atoms with Crippen LogP contribution in [0.25, 0.3) is 11.0 Å². The van der Waals surface area contributed by atoms with Crippen LogP contribution in [0, 0.1) is 0 Å². The molecule has 18 heavy (non-hydrogen) atoms. The number of aromatic nitrogens is 2. The molecule has 1 amide bonds. The third kappa shape index (κ3) is 2.76. The lowest BCUT2D eigenvalue weighted by Crippen LogP contribution is -2.30. The van der Waals surface area contributed by atoms with Crippen molar-refractivity contribution in [3.05, 3.63) is 28.9 Å². The van der Waals surface area contributed by atoms with Gasteiger partial charge in [0.05, 0.1) is 0 Å². The van der Waals surface area contributed by atoms with Gasteiger partial charge >= 0.3 is 12.1 Å². The quantitative estimate of drug-likeness (QED) is 0.879. The Kier molecular flexibility index (Phi) is 3.20. The number of pyridine rings is 2. The second-order valence-electron chi connectivity index (χ2n) is 3.35. The van der Waals surface area contributed by atoms with Crippen LogP contribution in [0.4, 0.5) is 19.0 Å². The Hall–Kier alpha value is -1.70. The second kappa shape index (κ2) is 4.52. The Labute approximate surface area is 107 Å². The second-order valence-corrected chi connectivity index (χ2v) is 4.26. The van der Waals surface area contributed by atoms with Gasteiger partial charge in [-0.25, -0.2) is 9.97 Å². The van der Waals surface area contributed by atoms with Crippen molar-refractivity contribution in [2.45, 2.75) is 6.18 Å². The highest BCUT2D eigenvalue weighted by Crippen LogP contribution is 2.20. The molecule has 2 aromatic rings. The third-order valence-electron chi connectivity index (χ3n) is 2.01. The molecule has 0 aliphatic carbocycles. The molecule has 0 unspecified atom stereocenters. The van der Waals surface area contributed by atoms with E-state index in [1.807, 2.05) is 0 Å². The summed E-state index contributed by atoms with van der Waals surface area (Å²) in [6.45, 7) is 0.